The number of nitrogens with zero attached hydrogens (tertiary/aromatic N) is 2. The fourth-order valence-electron chi connectivity index (χ4n) is 1.41. The van der Waals surface area contributed by atoms with Gasteiger partial charge in [-0.25, -0.2) is 4.79 Å². The van der Waals surface area contributed by atoms with Crippen molar-refractivity contribution in [3.63, 3.8) is 0 Å². The van der Waals surface area contributed by atoms with Crippen LogP contribution in [0.2, 0.25) is 0 Å². The number of benzene rings is 1. The molecule has 0 unspecified atom stereocenters. The van der Waals surface area contributed by atoms with Crippen LogP contribution in [0.3, 0.4) is 0 Å². The zero-order valence-electron chi connectivity index (χ0n) is 9.17. The highest BCUT2D eigenvalue weighted by Gasteiger charge is 2.11. The summed E-state index contributed by atoms with van der Waals surface area (Å²) in [7, 11) is 1.75. The van der Waals surface area contributed by atoms with Gasteiger partial charge in [0.1, 0.15) is 5.52 Å². The van der Waals surface area contributed by atoms with E-state index in [9.17, 15) is 4.79 Å². The predicted octanol–water partition coefficient (Wildman–Crippen LogP) is 1.60. The molecule has 1 aromatic carbocycles. The highest BCUT2D eigenvalue weighted by Crippen LogP contribution is 2.22. The number of carboxylic acid groups (broad SMARTS) is 1. The summed E-state index contributed by atoms with van der Waals surface area (Å²) in [6.45, 7) is 0.374. The third-order valence-corrected chi connectivity index (χ3v) is 2.28. The Kier molecular flexibility index (Phi) is 2.71. The van der Waals surface area contributed by atoms with Crippen molar-refractivity contribution < 1.29 is 14.3 Å². The smallest absolute Gasteiger partial charge is 0.335 e. The second-order valence-corrected chi connectivity index (χ2v) is 3.54. The average Bonchev–Trinajstić information content (AvgIpc) is 2.71. The molecule has 0 radical (unpaired) electrons. The van der Waals surface area contributed by atoms with Crippen LogP contribution in [0.5, 0.6) is 0 Å². The minimum Gasteiger partial charge on any atom is -0.478 e. The van der Waals surface area contributed by atoms with Crippen molar-refractivity contribution in [1.29, 1.82) is 0 Å². The number of carbonyl (C=O) groups is 1. The first kappa shape index (κ1) is 11.0. The van der Waals surface area contributed by atoms with Crippen LogP contribution in [0, 0.1) is 12.3 Å². The Bertz CT molecular complexity index is 610. The van der Waals surface area contributed by atoms with Crippen molar-refractivity contribution in [3.05, 3.63) is 23.8 Å². The Morgan fingerprint density at radius 3 is 3.06 bits per heavy atom. The second-order valence-electron chi connectivity index (χ2n) is 3.54. The number of rotatable bonds is 3. The molecule has 86 valence electrons. The van der Waals surface area contributed by atoms with E-state index in [-0.39, 0.29) is 5.56 Å². The van der Waals surface area contributed by atoms with E-state index in [1.165, 1.54) is 12.1 Å². The monoisotopic (exact) mass is 230 g/mol. The third kappa shape index (κ3) is 2.06. The molecule has 1 aromatic heterocycles. The molecule has 0 amide bonds. The normalized spacial score (nSPS) is 10.1. The highest BCUT2D eigenvalue weighted by atomic mass is 16.4. The van der Waals surface area contributed by atoms with Gasteiger partial charge in [-0.3, -0.25) is 0 Å². The zero-order chi connectivity index (χ0) is 12.4. The van der Waals surface area contributed by atoms with E-state index in [1.807, 2.05) is 0 Å². The molecule has 0 spiro atoms. The maximum absolute atomic E-state index is 10.8. The summed E-state index contributed by atoms with van der Waals surface area (Å²) in [5.41, 5.74) is 1.21. The van der Waals surface area contributed by atoms with E-state index >= 15 is 0 Å². The molecular weight excluding hydrogens is 220 g/mol. The van der Waals surface area contributed by atoms with Gasteiger partial charge in [0.2, 0.25) is 0 Å². The molecule has 5 nitrogen and oxygen atoms in total. The van der Waals surface area contributed by atoms with Crippen molar-refractivity contribution in [1.82, 2.24) is 4.98 Å². The van der Waals surface area contributed by atoms with Crippen LogP contribution in [0.15, 0.2) is 22.6 Å². The number of aromatic carboxylic acids is 1. The minimum atomic E-state index is -0.998. The largest absolute Gasteiger partial charge is 0.478 e. The molecule has 0 aliphatic rings. The highest BCUT2D eigenvalue weighted by molar-refractivity contribution is 5.92. The van der Waals surface area contributed by atoms with Gasteiger partial charge in [0.15, 0.2) is 5.58 Å². The van der Waals surface area contributed by atoms with Crippen molar-refractivity contribution >= 4 is 23.1 Å². The van der Waals surface area contributed by atoms with Crippen LogP contribution in [0.25, 0.3) is 11.1 Å². The first-order valence-corrected chi connectivity index (χ1v) is 4.90. The van der Waals surface area contributed by atoms with Crippen LogP contribution in [0.4, 0.5) is 6.01 Å². The molecule has 0 saturated carbocycles. The summed E-state index contributed by atoms with van der Waals surface area (Å²) >= 11 is 0. The summed E-state index contributed by atoms with van der Waals surface area (Å²) in [5.74, 6) is 1.47. The number of oxazole rings is 1. The van der Waals surface area contributed by atoms with E-state index in [4.69, 9.17) is 15.9 Å². The standard InChI is InChI=1S/C12H10N2O3/c1-3-6-14(2)12-13-9-5-4-8(11(15)16)7-10(9)17-12/h1,4-5,7H,6H2,2H3,(H,15,16). The summed E-state index contributed by atoms with van der Waals surface area (Å²) in [4.78, 5) is 16.7. The number of hydrogen-bond acceptors (Lipinski definition) is 4. The molecule has 0 aliphatic heterocycles. The van der Waals surface area contributed by atoms with Gasteiger partial charge in [-0.1, -0.05) is 5.92 Å². The summed E-state index contributed by atoms with van der Waals surface area (Å²) < 4.78 is 5.43. The number of hydrogen-bond donors (Lipinski definition) is 1. The Morgan fingerprint density at radius 2 is 2.41 bits per heavy atom. The van der Waals surface area contributed by atoms with Gasteiger partial charge >= 0.3 is 5.97 Å². The van der Waals surface area contributed by atoms with Gasteiger partial charge in [-0.2, -0.15) is 4.98 Å². The zero-order valence-corrected chi connectivity index (χ0v) is 9.17. The molecule has 17 heavy (non-hydrogen) atoms. The number of anilines is 1. The van der Waals surface area contributed by atoms with E-state index < -0.39 is 5.97 Å². The van der Waals surface area contributed by atoms with Crippen molar-refractivity contribution in [3.8, 4) is 12.3 Å². The molecule has 0 fully saturated rings. The summed E-state index contributed by atoms with van der Waals surface area (Å²) in [6, 6.07) is 4.91. The summed E-state index contributed by atoms with van der Waals surface area (Å²) in [6.07, 6.45) is 5.19. The molecule has 0 saturated heterocycles. The number of carboxylic acids is 1. The lowest BCUT2D eigenvalue weighted by Gasteiger charge is -2.08. The molecule has 0 aliphatic carbocycles. The Morgan fingerprint density at radius 1 is 1.65 bits per heavy atom. The molecule has 2 aromatic rings. The van der Waals surface area contributed by atoms with Crippen molar-refractivity contribution in [2.75, 3.05) is 18.5 Å². The topological polar surface area (TPSA) is 66.6 Å². The third-order valence-electron chi connectivity index (χ3n) is 2.28. The first-order valence-electron chi connectivity index (χ1n) is 4.90. The average molecular weight is 230 g/mol. The van der Waals surface area contributed by atoms with Crippen LogP contribution in [-0.2, 0) is 0 Å². The predicted molar refractivity (Wildman–Crippen MR) is 63.1 cm³/mol. The lowest BCUT2D eigenvalue weighted by molar-refractivity contribution is 0.0697. The Hall–Kier alpha value is -2.48. The van der Waals surface area contributed by atoms with Crippen LogP contribution >= 0.6 is 0 Å². The van der Waals surface area contributed by atoms with Gasteiger partial charge in [0.25, 0.3) is 6.01 Å². The Labute approximate surface area is 97.7 Å². The number of fused-ring (bicyclic) bond motifs is 1. The number of aromatic nitrogens is 1. The van der Waals surface area contributed by atoms with Crippen molar-refractivity contribution in [2.45, 2.75) is 0 Å². The molecule has 1 N–H and O–H groups in total. The second kappa shape index (κ2) is 4.18. The SMILES string of the molecule is C#CCN(C)c1nc2ccc(C(=O)O)cc2o1. The van der Waals surface area contributed by atoms with Gasteiger partial charge < -0.3 is 14.4 Å². The fraction of sp³-hybridized carbons (Fsp3) is 0.167. The molecule has 1 heterocycles. The van der Waals surface area contributed by atoms with E-state index in [2.05, 4.69) is 10.9 Å². The molecule has 0 bridgehead atoms. The maximum atomic E-state index is 10.8. The first-order chi connectivity index (χ1) is 8.11. The van der Waals surface area contributed by atoms with Gasteiger partial charge in [-0.05, 0) is 18.2 Å². The molecular formula is C12H10N2O3. The van der Waals surface area contributed by atoms with Gasteiger partial charge in [0.05, 0.1) is 12.1 Å². The molecule has 2 rings (SSSR count). The fourth-order valence-corrected chi connectivity index (χ4v) is 1.41. The summed E-state index contributed by atoms with van der Waals surface area (Å²) in [5, 5.41) is 8.85. The molecule has 0 atom stereocenters. The number of terminal acetylenes is 1. The van der Waals surface area contributed by atoms with Crippen LogP contribution < -0.4 is 4.90 Å². The maximum Gasteiger partial charge on any atom is 0.335 e. The van der Waals surface area contributed by atoms with Gasteiger partial charge in [-0.15, -0.1) is 6.42 Å². The van der Waals surface area contributed by atoms with Gasteiger partial charge in [0, 0.05) is 7.05 Å². The lowest BCUT2D eigenvalue weighted by atomic mass is 10.2. The van der Waals surface area contributed by atoms with Crippen LogP contribution in [-0.4, -0.2) is 29.7 Å². The van der Waals surface area contributed by atoms with E-state index in [0.29, 0.717) is 23.7 Å². The molecule has 5 heteroatoms. The van der Waals surface area contributed by atoms with Crippen molar-refractivity contribution in [2.24, 2.45) is 0 Å². The minimum absolute atomic E-state index is 0.166. The van der Waals surface area contributed by atoms with Crippen LogP contribution in [0.1, 0.15) is 10.4 Å². The quantitative estimate of drug-likeness (QED) is 0.811. The van der Waals surface area contributed by atoms with E-state index in [1.54, 1.807) is 18.0 Å². The lowest BCUT2D eigenvalue weighted by Crippen LogP contribution is -2.16. The Balaban J connectivity index is 2.44. The van der Waals surface area contributed by atoms with E-state index in [0.717, 1.165) is 0 Å².